The van der Waals surface area contributed by atoms with E-state index in [2.05, 4.69) is 20.3 Å². The Hall–Kier alpha value is -4.33. The molecule has 154 valence electrons. The first-order valence-corrected chi connectivity index (χ1v) is 9.68. The number of hydrogen-bond acceptors (Lipinski definition) is 6. The maximum Gasteiger partial charge on any atom is 0.180 e. The number of H-pyrrole nitrogens is 1. The summed E-state index contributed by atoms with van der Waals surface area (Å²) in [6.45, 7) is 0. The number of benzene rings is 2. The van der Waals surface area contributed by atoms with Crippen LogP contribution in [-0.4, -0.2) is 38.6 Å². The quantitative estimate of drug-likeness (QED) is 0.425. The van der Waals surface area contributed by atoms with E-state index >= 15 is 0 Å². The molecule has 0 saturated carbocycles. The number of imidazole rings is 2. The largest absolute Gasteiger partial charge is 0.493 e. The molecule has 2 N–H and O–H groups in total. The van der Waals surface area contributed by atoms with Gasteiger partial charge in [0.1, 0.15) is 5.82 Å². The molecule has 8 heteroatoms. The summed E-state index contributed by atoms with van der Waals surface area (Å²) in [4.78, 5) is 16.7. The number of methoxy groups -OCH3 is 2. The second kappa shape index (κ2) is 7.83. The minimum atomic E-state index is 0.636. The number of aromatic nitrogens is 5. The Balaban J connectivity index is 1.52. The first-order valence-electron chi connectivity index (χ1n) is 9.68. The van der Waals surface area contributed by atoms with Crippen LogP contribution in [0.15, 0.2) is 73.4 Å². The van der Waals surface area contributed by atoms with Gasteiger partial charge in [0.05, 0.1) is 19.9 Å². The maximum absolute atomic E-state index is 5.41. The Morgan fingerprint density at radius 1 is 0.903 bits per heavy atom. The summed E-state index contributed by atoms with van der Waals surface area (Å²) in [6, 6.07) is 13.7. The Morgan fingerprint density at radius 2 is 1.71 bits per heavy atom. The number of rotatable bonds is 6. The van der Waals surface area contributed by atoms with Crippen LogP contribution in [0.4, 0.5) is 11.5 Å². The van der Waals surface area contributed by atoms with Crippen molar-refractivity contribution in [3.05, 3.63) is 73.4 Å². The van der Waals surface area contributed by atoms with E-state index in [4.69, 9.17) is 14.5 Å². The van der Waals surface area contributed by atoms with Crippen molar-refractivity contribution >= 4 is 17.2 Å². The summed E-state index contributed by atoms with van der Waals surface area (Å²) in [5, 5.41) is 3.36. The van der Waals surface area contributed by atoms with Crippen LogP contribution >= 0.6 is 0 Å². The molecule has 0 amide bonds. The third-order valence-electron chi connectivity index (χ3n) is 4.97. The van der Waals surface area contributed by atoms with Crippen molar-refractivity contribution in [2.45, 2.75) is 0 Å². The first kappa shape index (κ1) is 18.7. The lowest BCUT2D eigenvalue weighted by atomic mass is 10.1. The van der Waals surface area contributed by atoms with Crippen LogP contribution in [0.5, 0.6) is 11.5 Å². The summed E-state index contributed by atoms with van der Waals surface area (Å²) >= 11 is 0. The van der Waals surface area contributed by atoms with Crippen molar-refractivity contribution in [2.75, 3.05) is 19.5 Å². The predicted molar refractivity (Wildman–Crippen MR) is 119 cm³/mol. The lowest BCUT2D eigenvalue weighted by molar-refractivity contribution is 0.355. The van der Waals surface area contributed by atoms with Gasteiger partial charge in [-0.2, -0.15) is 0 Å². The van der Waals surface area contributed by atoms with E-state index in [0.29, 0.717) is 17.3 Å². The smallest absolute Gasteiger partial charge is 0.180 e. The molecular formula is C23H20N6O2. The highest BCUT2D eigenvalue weighted by molar-refractivity contribution is 5.75. The van der Waals surface area contributed by atoms with Gasteiger partial charge in [-0.15, -0.1) is 0 Å². The molecule has 3 aromatic heterocycles. The third-order valence-corrected chi connectivity index (χ3v) is 4.97. The molecule has 8 nitrogen and oxygen atoms in total. The Morgan fingerprint density at radius 3 is 2.45 bits per heavy atom. The molecule has 0 bridgehead atoms. The van der Waals surface area contributed by atoms with Gasteiger partial charge in [-0.25, -0.2) is 15.0 Å². The molecule has 0 aliphatic heterocycles. The SMILES string of the molecule is COc1ccc(Nc2nc(-c3ccc(-c4ncc[nH]4)cc3)cn3ccnc23)cc1OC. The van der Waals surface area contributed by atoms with Crippen LogP contribution in [0.25, 0.3) is 28.3 Å². The number of ether oxygens (including phenoxy) is 2. The van der Waals surface area contributed by atoms with Gasteiger partial charge < -0.3 is 24.2 Å². The summed E-state index contributed by atoms with van der Waals surface area (Å²) in [5.41, 5.74) is 4.37. The van der Waals surface area contributed by atoms with E-state index in [1.165, 1.54) is 0 Å². The van der Waals surface area contributed by atoms with Crippen LogP contribution < -0.4 is 14.8 Å². The predicted octanol–water partition coefficient (Wildman–Crippen LogP) is 4.55. The minimum absolute atomic E-state index is 0.636. The van der Waals surface area contributed by atoms with E-state index in [0.717, 1.165) is 34.0 Å². The van der Waals surface area contributed by atoms with Crippen LogP contribution in [0.1, 0.15) is 0 Å². The first-order chi connectivity index (χ1) is 15.2. The molecule has 31 heavy (non-hydrogen) atoms. The average Bonchev–Trinajstić information content (AvgIpc) is 3.51. The molecule has 0 unspecified atom stereocenters. The van der Waals surface area contributed by atoms with Crippen molar-refractivity contribution in [1.29, 1.82) is 0 Å². The van der Waals surface area contributed by atoms with Crippen LogP contribution in [0.3, 0.4) is 0 Å². The molecule has 0 radical (unpaired) electrons. The fraction of sp³-hybridized carbons (Fsp3) is 0.0870. The highest BCUT2D eigenvalue weighted by atomic mass is 16.5. The number of hydrogen-bond donors (Lipinski definition) is 2. The number of nitrogens with zero attached hydrogens (tertiary/aromatic N) is 4. The van der Waals surface area contributed by atoms with Gasteiger partial charge in [-0.05, 0) is 12.1 Å². The van der Waals surface area contributed by atoms with Crippen molar-refractivity contribution in [3.63, 3.8) is 0 Å². The van der Waals surface area contributed by atoms with Crippen molar-refractivity contribution in [1.82, 2.24) is 24.3 Å². The zero-order valence-electron chi connectivity index (χ0n) is 17.0. The molecule has 3 heterocycles. The third kappa shape index (κ3) is 3.55. The Bertz CT molecular complexity index is 1330. The molecule has 2 aromatic carbocycles. The van der Waals surface area contributed by atoms with Gasteiger partial charge in [0.2, 0.25) is 0 Å². The summed E-state index contributed by atoms with van der Waals surface area (Å²) < 4.78 is 12.7. The number of fused-ring (bicyclic) bond motifs is 1. The fourth-order valence-electron chi connectivity index (χ4n) is 3.43. The summed E-state index contributed by atoms with van der Waals surface area (Å²) in [5.74, 6) is 2.78. The van der Waals surface area contributed by atoms with Crippen molar-refractivity contribution < 1.29 is 9.47 Å². The molecule has 5 rings (SSSR count). The van der Waals surface area contributed by atoms with Gasteiger partial charge in [-0.1, -0.05) is 24.3 Å². The van der Waals surface area contributed by atoms with Crippen LogP contribution in [0, 0.1) is 0 Å². The van der Waals surface area contributed by atoms with Crippen LogP contribution in [-0.2, 0) is 0 Å². The molecule has 0 spiro atoms. The summed E-state index contributed by atoms with van der Waals surface area (Å²) in [6.07, 6.45) is 9.16. The highest BCUT2D eigenvalue weighted by Crippen LogP contribution is 2.32. The molecular weight excluding hydrogens is 392 g/mol. The van der Waals surface area contributed by atoms with Crippen LogP contribution in [0.2, 0.25) is 0 Å². The fourth-order valence-corrected chi connectivity index (χ4v) is 3.43. The Kier molecular flexibility index (Phi) is 4.72. The lowest BCUT2D eigenvalue weighted by Gasteiger charge is -2.13. The second-order valence-corrected chi connectivity index (χ2v) is 6.84. The molecule has 5 aromatic rings. The highest BCUT2D eigenvalue weighted by Gasteiger charge is 2.12. The molecule has 0 saturated heterocycles. The molecule has 0 fully saturated rings. The van der Waals surface area contributed by atoms with Gasteiger partial charge in [0.15, 0.2) is 23.0 Å². The van der Waals surface area contributed by atoms with Crippen molar-refractivity contribution in [2.24, 2.45) is 0 Å². The van der Waals surface area contributed by atoms with Gasteiger partial charge >= 0.3 is 0 Å². The monoisotopic (exact) mass is 412 g/mol. The molecule has 0 aliphatic carbocycles. The van der Waals surface area contributed by atoms with E-state index in [1.54, 1.807) is 26.6 Å². The average molecular weight is 412 g/mol. The normalized spacial score (nSPS) is 10.9. The number of nitrogens with one attached hydrogen (secondary N) is 2. The van der Waals surface area contributed by atoms with Gasteiger partial charge in [0.25, 0.3) is 0 Å². The second-order valence-electron chi connectivity index (χ2n) is 6.84. The number of anilines is 2. The van der Waals surface area contributed by atoms with Gasteiger partial charge in [-0.3, -0.25) is 0 Å². The van der Waals surface area contributed by atoms with E-state index in [1.807, 2.05) is 65.5 Å². The zero-order valence-corrected chi connectivity index (χ0v) is 17.0. The Labute approximate surface area is 178 Å². The zero-order chi connectivity index (χ0) is 21.2. The minimum Gasteiger partial charge on any atom is -0.493 e. The van der Waals surface area contributed by atoms with E-state index in [9.17, 15) is 0 Å². The topological polar surface area (TPSA) is 89.4 Å². The number of aromatic amines is 1. The van der Waals surface area contributed by atoms with Crippen molar-refractivity contribution in [3.8, 4) is 34.1 Å². The van der Waals surface area contributed by atoms with Gasteiger partial charge in [0, 0.05) is 53.9 Å². The maximum atomic E-state index is 5.41. The van der Waals surface area contributed by atoms with E-state index < -0.39 is 0 Å². The lowest BCUT2D eigenvalue weighted by Crippen LogP contribution is -2.01. The molecule has 0 aliphatic rings. The molecule has 0 atom stereocenters. The summed E-state index contributed by atoms with van der Waals surface area (Å²) in [7, 11) is 3.22. The van der Waals surface area contributed by atoms with E-state index in [-0.39, 0.29) is 0 Å². The standard InChI is InChI=1S/C23H20N6O2/c1-30-19-8-7-17(13-20(19)31-2)27-22-23-26-11-12-29(23)14-18(28-22)15-3-5-16(6-4-15)21-24-9-10-25-21/h3-14H,1-2H3,(H,24,25)(H,27,28).